The molecule has 1 aliphatic heterocycles. The van der Waals surface area contributed by atoms with Crippen LogP contribution in [0.2, 0.25) is 0 Å². The largest absolute Gasteiger partial charge is 0.350 e. The lowest BCUT2D eigenvalue weighted by atomic mass is 10.0. The highest BCUT2D eigenvalue weighted by atomic mass is 16.2. The summed E-state index contributed by atoms with van der Waals surface area (Å²) in [6.45, 7) is 5.50. The Morgan fingerprint density at radius 1 is 1.16 bits per heavy atom. The number of anilines is 1. The van der Waals surface area contributed by atoms with Crippen molar-refractivity contribution in [3.05, 3.63) is 83.8 Å². The van der Waals surface area contributed by atoms with Crippen molar-refractivity contribution in [1.29, 1.82) is 0 Å². The summed E-state index contributed by atoms with van der Waals surface area (Å²) in [5.41, 5.74) is 3.85. The maximum absolute atomic E-state index is 13.0. The molecule has 2 N–H and O–H groups in total. The molecule has 5 rings (SSSR count). The Hall–Kier alpha value is -3.87. The number of carbonyl (C=O) groups is 2. The van der Waals surface area contributed by atoms with Crippen molar-refractivity contribution in [3.63, 3.8) is 0 Å². The van der Waals surface area contributed by atoms with Crippen molar-refractivity contribution < 1.29 is 9.59 Å². The monoisotopic (exact) mass is 427 g/mol. The lowest BCUT2D eigenvalue weighted by Crippen LogP contribution is -2.26. The van der Waals surface area contributed by atoms with Gasteiger partial charge in [-0.3, -0.25) is 14.3 Å². The molecule has 7 nitrogen and oxygen atoms in total. The van der Waals surface area contributed by atoms with Crippen molar-refractivity contribution in [1.82, 2.24) is 19.7 Å². The fraction of sp³-hybridized carbons (Fsp3) is 0.240. The predicted octanol–water partition coefficient (Wildman–Crippen LogP) is 4.08. The van der Waals surface area contributed by atoms with Gasteiger partial charge in [-0.05, 0) is 36.6 Å². The highest BCUT2D eigenvalue weighted by molar-refractivity contribution is 6.07. The van der Waals surface area contributed by atoms with E-state index in [2.05, 4.69) is 34.1 Å². The molecule has 2 atom stereocenters. The minimum absolute atomic E-state index is 0.0748. The number of hydrogen-bond donors (Lipinski definition) is 2. The zero-order valence-corrected chi connectivity index (χ0v) is 18.1. The van der Waals surface area contributed by atoms with Gasteiger partial charge in [-0.1, -0.05) is 43.3 Å². The van der Waals surface area contributed by atoms with Gasteiger partial charge in [0.1, 0.15) is 5.69 Å². The van der Waals surface area contributed by atoms with E-state index in [9.17, 15) is 9.59 Å². The molecule has 0 fully saturated rings. The van der Waals surface area contributed by atoms with Crippen LogP contribution < -0.4 is 10.6 Å². The van der Waals surface area contributed by atoms with Crippen molar-refractivity contribution >= 4 is 28.4 Å². The number of nitrogens with one attached hydrogen (secondary N) is 2. The van der Waals surface area contributed by atoms with Crippen LogP contribution in [0.25, 0.3) is 10.9 Å². The molecule has 0 spiro atoms. The van der Waals surface area contributed by atoms with Crippen LogP contribution >= 0.6 is 0 Å². The molecule has 0 aliphatic carbocycles. The quantitative estimate of drug-likeness (QED) is 0.515. The van der Waals surface area contributed by atoms with E-state index in [0.717, 1.165) is 16.5 Å². The van der Waals surface area contributed by atoms with Gasteiger partial charge in [0.15, 0.2) is 0 Å². The van der Waals surface area contributed by atoms with E-state index in [-0.39, 0.29) is 23.8 Å². The lowest BCUT2D eigenvalue weighted by Gasteiger charge is -2.20. The van der Waals surface area contributed by atoms with E-state index in [1.807, 2.05) is 54.7 Å². The van der Waals surface area contributed by atoms with Gasteiger partial charge in [-0.25, -0.2) is 0 Å². The van der Waals surface area contributed by atoms with Gasteiger partial charge >= 0.3 is 0 Å². The second-order valence-corrected chi connectivity index (χ2v) is 8.47. The van der Waals surface area contributed by atoms with Crippen LogP contribution in [-0.4, -0.2) is 32.7 Å². The zero-order chi connectivity index (χ0) is 22.2. The molecule has 3 heterocycles. The fourth-order valence-corrected chi connectivity index (χ4v) is 4.23. The zero-order valence-electron chi connectivity index (χ0n) is 18.1. The summed E-state index contributed by atoms with van der Waals surface area (Å²) in [6, 6.07) is 17.6. The normalized spacial score (nSPS) is 18.1. The van der Waals surface area contributed by atoms with Gasteiger partial charge in [0.25, 0.3) is 11.8 Å². The van der Waals surface area contributed by atoms with E-state index in [4.69, 9.17) is 0 Å². The average molecular weight is 428 g/mol. The summed E-state index contributed by atoms with van der Waals surface area (Å²) in [5, 5.41) is 11.2. The molecule has 0 radical (unpaired) electrons. The summed E-state index contributed by atoms with van der Waals surface area (Å²) in [4.78, 5) is 25.5. The Kier molecular flexibility index (Phi) is 5.01. The van der Waals surface area contributed by atoms with Crippen molar-refractivity contribution in [2.24, 2.45) is 5.92 Å². The lowest BCUT2D eigenvalue weighted by molar-refractivity contribution is 0.0948. The third-order valence-electron chi connectivity index (χ3n) is 6.23. The smallest absolute Gasteiger partial charge is 0.267 e. The van der Waals surface area contributed by atoms with E-state index in [1.165, 1.54) is 0 Å². The summed E-state index contributed by atoms with van der Waals surface area (Å²) in [7, 11) is 0. The number of aromatic nitrogens is 3. The molecule has 2 aromatic carbocycles. The molecule has 7 heteroatoms. The molecule has 32 heavy (non-hydrogen) atoms. The highest BCUT2D eigenvalue weighted by Gasteiger charge is 2.27. The molecule has 0 saturated heterocycles. The van der Waals surface area contributed by atoms with Crippen LogP contribution in [0.15, 0.2) is 67.0 Å². The van der Waals surface area contributed by atoms with Gasteiger partial charge in [-0.2, -0.15) is 5.10 Å². The van der Waals surface area contributed by atoms with Crippen molar-refractivity contribution in [3.8, 4) is 0 Å². The topological polar surface area (TPSA) is 81.0 Å². The maximum Gasteiger partial charge on any atom is 0.267 e. The molecule has 0 saturated carbocycles. The van der Waals surface area contributed by atoms with Crippen LogP contribution in [0.4, 0.5) is 5.69 Å². The molecule has 2 amide bonds. The van der Waals surface area contributed by atoms with E-state index >= 15 is 0 Å². The highest BCUT2D eigenvalue weighted by Crippen LogP contribution is 2.30. The minimum atomic E-state index is -0.208. The molecule has 2 aromatic heterocycles. The molecule has 0 bridgehead atoms. The number of fused-ring (bicyclic) bond motifs is 3. The van der Waals surface area contributed by atoms with E-state index < -0.39 is 0 Å². The van der Waals surface area contributed by atoms with Crippen LogP contribution in [0.1, 0.15) is 46.3 Å². The molecule has 1 aliphatic rings. The number of rotatable bonds is 4. The average Bonchev–Trinajstić information content (AvgIpc) is 3.38. The van der Waals surface area contributed by atoms with Crippen LogP contribution in [0, 0.1) is 5.92 Å². The molecule has 162 valence electrons. The Labute approximate surface area is 186 Å². The Bertz CT molecular complexity index is 1300. The van der Waals surface area contributed by atoms with Gasteiger partial charge in [0.2, 0.25) is 0 Å². The standard InChI is InChI=1S/C25H25N5O2/c1-16-12-26-25(32)23-10-19-8-9-20(11-22(19)30(23)17(16)2)24(31)28-21-13-27-29(15-21)14-18-6-4-3-5-7-18/h3-11,13,15-17H,12,14H2,1-2H3,(H,26,32)(H,28,31). The third kappa shape index (κ3) is 3.66. The van der Waals surface area contributed by atoms with Crippen LogP contribution in [0.3, 0.4) is 0 Å². The first kappa shape index (κ1) is 20.1. The molecular formula is C25H25N5O2. The molecule has 4 aromatic rings. The maximum atomic E-state index is 13.0. The number of amides is 2. The van der Waals surface area contributed by atoms with Crippen LogP contribution in [0.5, 0.6) is 0 Å². The Morgan fingerprint density at radius 2 is 1.97 bits per heavy atom. The number of benzene rings is 2. The number of nitrogens with zero attached hydrogens (tertiary/aromatic N) is 3. The van der Waals surface area contributed by atoms with E-state index in [0.29, 0.717) is 30.0 Å². The van der Waals surface area contributed by atoms with Gasteiger partial charge in [-0.15, -0.1) is 0 Å². The third-order valence-corrected chi connectivity index (χ3v) is 6.23. The van der Waals surface area contributed by atoms with Crippen molar-refractivity contribution in [2.45, 2.75) is 26.4 Å². The summed E-state index contributed by atoms with van der Waals surface area (Å²) in [5.74, 6) is -0.00143. The fourth-order valence-electron chi connectivity index (χ4n) is 4.23. The van der Waals surface area contributed by atoms with E-state index in [1.54, 1.807) is 16.9 Å². The first-order chi connectivity index (χ1) is 15.5. The van der Waals surface area contributed by atoms with Gasteiger partial charge in [0, 0.05) is 35.2 Å². The summed E-state index contributed by atoms with van der Waals surface area (Å²) in [6.07, 6.45) is 3.47. The first-order valence-electron chi connectivity index (χ1n) is 10.8. The Balaban J connectivity index is 1.40. The van der Waals surface area contributed by atoms with Gasteiger partial charge in [0.05, 0.1) is 18.4 Å². The predicted molar refractivity (Wildman–Crippen MR) is 124 cm³/mol. The molecular weight excluding hydrogens is 402 g/mol. The Morgan fingerprint density at radius 3 is 2.78 bits per heavy atom. The molecule has 2 unspecified atom stereocenters. The second-order valence-electron chi connectivity index (χ2n) is 8.47. The van der Waals surface area contributed by atoms with Gasteiger partial charge < -0.3 is 15.2 Å². The first-order valence-corrected chi connectivity index (χ1v) is 10.8. The SMILES string of the molecule is CC1CNC(=O)c2cc3ccc(C(=O)Nc4cnn(Cc5ccccc5)c4)cc3n2C1C. The van der Waals surface area contributed by atoms with Crippen LogP contribution in [-0.2, 0) is 6.54 Å². The second kappa shape index (κ2) is 8.00. The number of carbonyl (C=O) groups excluding carboxylic acids is 2. The van der Waals surface area contributed by atoms with Crippen molar-refractivity contribution in [2.75, 3.05) is 11.9 Å². The summed E-state index contributed by atoms with van der Waals surface area (Å²) < 4.78 is 3.85. The minimum Gasteiger partial charge on any atom is -0.350 e. The summed E-state index contributed by atoms with van der Waals surface area (Å²) >= 11 is 0. The number of hydrogen-bond acceptors (Lipinski definition) is 3.